The summed E-state index contributed by atoms with van der Waals surface area (Å²) in [4.78, 5) is 4.42. The smallest absolute Gasteiger partial charge is 0.222 e. The zero-order chi connectivity index (χ0) is 12.5. The largest absolute Gasteiger partial charge is 0.256 e. The highest BCUT2D eigenvalue weighted by molar-refractivity contribution is 5.90. The first-order chi connectivity index (χ1) is 8.77. The van der Waals surface area contributed by atoms with E-state index in [0.717, 1.165) is 5.52 Å². The highest BCUT2D eigenvalue weighted by atomic mass is 14.9. The highest BCUT2D eigenvalue weighted by Gasteiger charge is 2.16. The van der Waals surface area contributed by atoms with E-state index in [4.69, 9.17) is 0 Å². The van der Waals surface area contributed by atoms with Gasteiger partial charge in [-0.2, -0.15) is 0 Å². The predicted molar refractivity (Wildman–Crippen MR) is 73.1 cm³/mol. The summed E-state index contributed by atoms with van der Waals surface area (Å²) in [5.41, 5.74) is 4.80. The van der Waals surface area contributed by atoms with E-state index in [9.17, 15) is 0 Å². The molecule has 88 valence electrons. The molecule has 2 nitrogen and oxygen atoms in total. The van der Waals surface area contributed by atoms with Crippen molar-refractivity contribution in [2.75, 3.05) is 0 Å². The number of aromatic nitrogens is 2. The van der Waals surface area contributed by atoms with E-state index in [1.165, 1.54) is 22.2 Å². The molecule has 2 aromatic heterocycles. The molecular formula is C16H15N2+. The van der Waals surface area contributed by atoms with Crippen LogP contribution in [0.25, 0.3) is 22.2 Å². The quantitative estimate of drug-likeness (QED) is 0.592. The van der Waals surface area contributed by atoms with Gasteiger partial charge >= 0.3 is 0 Å². The maximum Gasteiger partial charge on any atom is 0.222 e. The van der Waals surface area contributed by atoms with E-state index in [0.29, 0.717) is 0 Å². The minimum absolute atomic E-state index is 1.04. The van der Waals surface area contributed by atoms with Crippen LogP contribution in [0.1, 0.15) is 5.56 Å². The first kappa shape index (κ1) is 10.9. The normalized spacial score (nSPS) is 10.8. The van der Waals surface area contributed by atoms with E-state index in [-0.39, 0.29) is 0 Å². The summed E-state index contributed by atoms with van der Waals surface area (Å²) in [6.07, 6.45) is 3.90. The van der Waals surface area contributed by atoms with Gasteiger partial charge in [-0.1, -0.05) is 18.2 Å². The van der Waals surface area contributed by atoms with Crippen LogP contribution in [-0.4, -0.2) is 4.98 Å². The Bertz CT molecular complexity index is 717. The van der Waals surface area contributed by atoms with Crippen molar-refractivity contribution in [1.29, 1.82) is 0 Å². The van der Waals surface area contributed by atoms with E-state index >= 15 is 0 Å². The summed E-state index contributed by atoms with van der Waals surface area (Å²) in [6, 6.07) is 14.6. The molecular weight excluding hydrogens is 220 g/mol. The average molecular weight is 235 g/mol. The lowest BCUT2D eigenvalue weighted by atomic mass is 10.0. The van der Waals surface area contributed by atoms with Gasteiger partial charge in [-0.05, 0) is 30.7 Å². The third kappa shape index (κ3) is 1.66. The lowest BCUT2D eigenvalue weighted by molar-refractivity contribution is -0.659. The molecule has 0 bridgehead atoms. The van der Waals surface area contributed by atoms with Gasteiger partial charge in [0.05, 0.1) is 10.9 Å². The number of fused-ring (bicyclic) bond motifs is 1. The van der Waals surface area contributed by atoms with E-state index < -0.39 is 0 Å². The number of nitrogens with zero attached hydrogens (tertiary/aromatic N) is 2. The van der Waals surface area contributed by atoms with Crippen molar-refractivity contribution in [3.63, 3.8) is 0 Å². The minimum atomic E-state index is 1.04. The van der Waals surface area contributed by atoms with Crippen molar-refractivity contribution >= 4 is 10.9 Å². The average Bonchev–Trinajstić information content (AvgIpc) is 2.40. The van der Waals surface area contributed by atoms with Crippen LogP contribution in [0, 0.1) is 6.92 Å². The SMILES string of the molecule is Cc1ccccc1-c1c2cccnc2cc[n+]1C. The number of aryl methyl sites for hydroxylation is 2. The Hall–Kier alpha value is -2.22. The lowest BCUT2D eigenvalue weighted by Crippen LogP contribution is -2.30. The molecule has 0 fully saturated rings. The number of hydrogen-bond acceptors (Lipinski definition) is 1. The van der Waals surface area contributed by atoms with Gasteiger partial charge in [0.1, 0.15) is 7.05 Å². The van der Waals surface area contributed by atoms with Crippen LogP contribution in [0.4, 0.5) is 0 Å². The Morgan fingerprint density at radius 1 is 1.00 bits per heavy atom. The highest BCUT2D eigenvalue weighted by Crippen LogP contribution is 2.26. The van der Waals surface area contributed by atoms with Gasteiger partial charge in [-0.25, -0.2) is 4.57 Å². The molecule has 0 atom stereocenters. The second-order valence-electron chi connectivity index (χ2n) is 4.53. The summed E-state index contributed by atoms with van der Waals surface area (Å²) in [5.74, 6) is 0. The summed E-state index contributed by atoms with van der Waals surface area (Å²) >= 11 is 0. The van der Waals surface area contributed by atoms with Crippen molar-refractivity contribution in [2.45, 2.75) is 6.92 Å². The second kappa shape index (κ2) is 4.22. The molecule has 0 aliphatic rings. The van der Waals surface area contributed by atoms with Gasteiger partial charge in [0, 0.05) is 17.8 Å². The number of pyridine rings is 2. The Labute approximate surface area is 107 Å². The van der Waals surface area contributed by atoms with Crippen LogP contribution in [0.15, 0.2) is 54.9 Å². The first-order valence-electron chi connectivity index (χ1n) is 6.07. The van der Waals surface area contributed by atoms with E-state index in [1.807, 2.05) is 12.3 Å². The van der Waals surface area contributed by atoms with Gasteiger partial charge < -0.3 is 0 Å². The van der Waals surface area contributed by atoms with Crippen molar-refractivity contribution < 1.29 is 4.57 Å². The van der Waals surface area contributed by atoms with Crippen LogP contribution in [0.2, 0.25) is 0 Å². The Morgan fingerprint density at radius 3 is 2.67 bits per heavy atom. The molecule has 2 heteroatoms. The molecule has 0 saturated heterocycles. The maximum absolute atomic E-state index is 4.42. The fraction of sp³-hybridized carbons (Fsp3) is 0.125. The van der Waals surface area contributed by atoms with Crippen molar-refractivity contribution in [1.82, 2.24) is 4.98 Å². The Balaban J connectivity index is 2.42. The molecule has 1 aromatic carbocycles. The molecule has 3 aromatic rings. The van der Waals surface area contributed by atoms with Crippen LogP contribution in [-0.2, 0) is 7.05 Å². The van der Waals surface area contributed by atoms with Gasteiger partial charge in [0.15, 0.2) is 6.20 Å². The number of benzene rings is 1. The Kier molecular flexibility index (Phi) is 2.56. The summed E-state index contributed by atoms with van der Waals surface area (Å²) < 4.78 is 2.16. The maximum atomic E-state index is 4.42. The monoisotopic (exact) mass is 235 g/mol. The lowest BCUT2D eigenvalue weighted by Gasteiger charge is -2.06. The zero-order valence-electron chi connectivity index (χ0n) is 10.6. The van der Waals surface area contributed by atoms with Gasteiger partial charge in [0.2, 0.25) is 5.69 Å². The molecule has 3 rings (SSSR count). The summed E-state index contributed by atoms with van der Waals surface area (Å²) in [6.45, 7) is 2.14. The van der Waals surface area contributed by atoms with Crippen LogP contribution >= 0.6 is 0 Å². The molecule has 0 amide bonds. The fourth-order valence-electron chi connectivity index (χ4n) is 2.37. The number of hydrogen-bond donors (Lipinski definition) is 0. The summed E-state index contributed by atoms with van der Waals surface area (Å²) in [7, 11) is 2.08. The third-order valence-electron chi connectivity index (χ3n) is 3.30. The molecule has 0 spiro atoms. The topological polar surface area (TPSA) is 16.8 Å². The van der Waals surface area contributed by atoms with E-state index in [2.05, 4.69) is 66.1 Å². The predicted octanol–water partition coefficient (Wildman–Crippen LogP) is 3.03. The standard InChI is InChI=1S/C16H15N2/c1-12-6-3-4-7-13(12)16-14-8-5-10-17-15(14)9-11-18(16)2/h3-11H,1-2H3/q+1. The molecule has 2 heterocycles. The third-order valence-corrected chi connectivity index (χ3v) is 3.30. The molecule has 0 N–H and O–H groups in total. The second-order valence-corrected chi connectivity index (χ2v) is 4.53. The van der Waals surface area contributed by atoms with Crippen LogP contribution < -0.4 is 4.57 Å². The Morgan fingerprint density at radius 2 is 1.83 bits per heavy atom. The van der Waals surface area contributed by atoms with Gasteiger partial charge in [-0.15, -0.1) is 0 Å². The minimum Gasteiger partial charge on any atom is -0.256 e. The van der Waals surface area contributed by atoms with Gasteiger partial charge in [-0.3, -0.25) is 4.98 Å². The number of rotatable bonds is 1. The van der Waals surface area contributed by atoms with Crippen LogP contribution in [0.5, 0.6) is 0 Å². The van der Waals surface area contributed by atoms with Crippen molar-refractivity contribution in [2.24, 2.45) is 7.05 Å². The van der Waals surface area contributed by atoms with Gasteiger partial charge in [0.25, 0.3) is 0 Å². The van der Waals surface area contributed by atoms with E-state index in [1.54, 1.807) is 0 Å². The van der Waals surface area contributed by atoms with Crippen molar-refractivity contribution in [3.05, 3.63) is 60.4 Å². The zero-order valence-corrected chi connectivity index (χ0v) is 10.6. The van der Waals surface area contributed by atoms with Crippen LogP contribution in [0.3, 0.4) is 0 Å². The molecule has 0 aliphatic heterocycles. The molecule has 0 saturated carbocycles. The summed E-state index contributed by atoms with van der Waals surface area (Å²) in [5, 5.41) is 1.19. The van der Waals surface area contributed by atoms with Crippen molar-refractivity contribution in [3.8, 4) is 11.3 Å². The molecule has 0 aliphatic carbocycles. The first-order valence-corrected chi connectivity index (χ1v) is 6.07. The molecule has 18 heavy (non-hydrogen) atoms. The molecule has 0 unspecified atom stereocenters. The molecule has 0 radical (unpaired) electrons. The fourth-order valence-corrected chi connectivity index (χ4v) is 2.37.